The van der Waals surface area contributed by atoms with Gasteiger partial charge in [0.15, 0.2) is 9.84 Å². The molecule has 0 aliphatic carbocycles. The Labute approximate surface area is 118 Å². The molecule has 18 heavy (non-hydrogen) atoms. The van der Waals surface area contributed by atoms with Crippen molar-refractivity contribution in [3.8, 4) is 0 Å². The van der Waals surface area contributed by atoms with E-state index in [1.165, 1.54) is 0 Å². The van der Waals surface area contributed by atoms with Gasteiger partial charge in [-0.15, -0.1) is 0 Å². The lowest BCUT2D eigenvalue weighted by molar-refractivity contribution is 0.597. The summed E-state index contributed by atoms with van der Waals surface area (Å²) in [4.78, 5) is 2.65. The fourth-order valence-electron chi connectivity index (χ4n) is 1.75. The van der Waals surface area contributed by atoms with Crippen molar-refractivity contribution in [2.24, 2.45) is 0 Å². The van der Waals surface area contributed by atoms with E-state index in [0.29, 0.717) is 4.90 Å². The summed E-state index contributed by atoms with van der Waals surface area (Å²) in [6.07, 6.45) is 1.07. The minimum Gasteiger partial charge on any atom is -0.372 e. The molecule has 0 fully saturated rings. The van der Waals surface area contributed by atoms with Gasteiger partial charge in [0.25, 0.3) is 0 Å². The van der Waals surface area contributed by atoms with Gasteiger partial charge in [-0.05, 0) is 37.6 Å². The molecule has 3 nitrogen and oxygen atoms in total. The van der Waals surface area contributed by atoms with Crippen LogP contribution in [0.3, 0.4) is 0 Å². The summed E-state index contributed by atoms with van der Waals surface area (Å²) in [7, 11) is -3.09. The van der Waals surface area contributed by atoms with E-state index in [9.17, 15) is 8.42 Å². The number of alkyl halides is 1. The molecule has 0 saturated carbocycles. The van der Waals surface area contributed by atoms with Gasteiger partial charge in [0.1, 0.15) is 0 Å². The maximum Gasteiger partial charge on any atom is 0.178 e. The molecule has 0 saturated heterocycles. The lowest BCUT2D eigenvalue weighted by atomic mass is 10.2. The Morgan fingerprint density at radius 3 is 2.22 bits per heavy atom. The van der Waals surface area contributed by atoms with Crippen molar-refractivity contribution in [2.75, 3.05) is 29.1 Å². The average molecular weight is 334 g/mol. The molecular formula is C13H20BrNO2S. The molecule has 0 atom stereocenters. The number of nitrogens with zero attached hydrogens (tertiary/aromatic N) is 1. The molecule has 0 unspecified atom stereocenters. The number of hydrogen-bond acceptors (Lipinski definition) is 3. The SMILES string of the molecule is CCN(CCCBr)c1ccc(S(=O)(=O)CC)cc1. The van der Waals surface area contributed by atoms with Crippen LogP contribution in [0.5, 0.6) is 0 Å². The predicted octanol–water partition coefficient (Wildman–Crippen LogP) is 3.09. The molecule has 5 heteroatoms. The summed E-state index contributed by atoms with van der Waals surface area (Å²) in [6.45, 7) is 5.66. The zero-order valence-electron chi connectivity index (χ0n) is 10.9. The number of anilines is 1. The van der Waals surface area contributed by atoms with Crippen molar-refractivity contribution in [1.29, 1.82) is 0 Å². The third-order valence-corrected chi connectivity index (χ3v) is 5.20. The minimum absolute atomic E-state index is 0.146. The second-order valence-corrected chi connectivity index (χ2v) is 7.09. The Hall–Kier alpha value is -0.550. The van der Waals surface area contributed by atoms with Gasteiger partial charge < -0.3 is 4.90 Å². The zero-order valence-corrected chi connectivity index (χ0v) is 13.3. The van der Waals surface area contributed by atoms with Gasteiger partial charge in [-0.25, -0.2) is 8.42 Å². The molecule has 0 radical (unpaired) electrons. The minimum atomic E-state index is -3.09. The topological polar surface area (TPSA) is 37.4 Å². The molecule has 0 spiro atoms. The first kappa shape index (κ1) is 15.5. The van der Waals surface area contributed by atoms with Crippen molar-refractivity contribution in [3.05, 3.63) is 24.3 Å². The van der Waals surface area contributed by atoms with E-state index >= 15 is 0 Å². The van der Waals surface area contributed by atoms with E-state index in [4.69, 9.17) is 0 Å². The zero-order chi connectivity index (χ0) is 13.6. The number of benzene rings is 1. The van der Waals surface area contributed by atoms with Gasteiger partial charge in [-0.1, -0.05) is 22.9 Å². The summed E-state index contributed by atoms with van der Waals surface area (Å²) >= 11 is 3.42. The van der Waals surface area contributed by atoms with Crippen LogP contribution in [-0.4, -0.2) is 32.6 Å². The summed E-state index contributed by atoms with van der Waals surface area (Å²) in [6, 6.07) is 7.18. The lowest BCUT2D eigenvalue weighted by Crippen LogP contribution is -2.24. The Balaban J connectivity index is 2.87. The second kappa shape index (κ2) is 7.14. The second-order valence-electron chi connectivity index (χ2n) is 4.02. The smallest absolute Gasteiger partial charge is 0.178 e. The molecule has 0 aliphatic heterocycles. The van der Waals surface area contributed by atoms with Crippen LogP contribution in [0.15, 0.2) is 29.2 Å². The van der Waals surface area contributed by atoms with Crippen molar-refractivity contribution < 1.29 is 8.42 Å². The van der Waals surface area contributed by atoms with Crippen LogP contribution in [-0.2, 0) is 9.84 Å². The van der Waals surface area contributed by atoms with Crippen molar-refractivity contribution >= 4 is 31.5 Å². The van der Waals surface area contributed by atoms with Gasteiger partial charge in [-0.3, -0.25) is 0 Å². The molecule has 0 N–H and O–H groups in total. The Bertz CT molecular complexity index is 456. The molecule has 102 valence electrons. The average Bonchev–Trinajstić information content (AvgIpc) is 2.40. The van der Waals surface area contributed by atoms with E-state index in [2.05, 4.69) is 27.8 Å². The van der Waals surface area contributed by atoms with Gasteiger partial charge in [0, 0.05) is 24.1 Å². The first-order valence-corrected chi connectivity index (χ1v) is 8.96. The van der Waals surface area contributed by atoms with E-state index in [1.807, 2.05) is 12.1 Å². The third kappa shape index (κ3) is 3.99. The third-order valence-electron chi connectivity index (χ3n) is 2.88. The molecule has 0 heterocycles. The molecule has 0 bridgehead atoms. The van der Waals surface area contributed by atoms with Crippen LogP contribution in [0.4, 0.5) is 5.69 Å². The quantitative estimate of drug-likeness (QED) is 0.719. The highest BCUT2D eigenvalue weighted by Crippen LogP contribution is 2.19. The molecule has 0 amide bonds. The van der Waals surface area contributed by atoms with Crippen molar-refractivity contribution in [2.45, 2.75) is 25.2 Å². The molecule has 1 aromatic rings. The summed E-state index contributed by atoms with van der Waals surface area (Å²) in [5.41, 5.74) is 1.08. The Morgan fingerprint density at radius 1 is 1.17 bits per heavy atom. The van der Waals surface area contributed by atoms with Crippen LogP contribution in [0.25, 0.3) is 0 Å². The van der Waals surface area contributed by atoms with E-state index in [-0.39, 0.29) is 5.75 Å². The normalized spacial score (nSPS) is 11.5. The maximum absolute atomic E-state index is 11.7. The highest BCUT2D eigenvalue weighted by Gasteiger charge is 2.11. The van der Waals surface area contributed by atoms with Crippen LogP contribution in [0, 0.1) is 0 Å². The summed E-state index contributed by atoms with van der Waals surface area (Å²) in [5, 5.41) is 0.978. The van der Waals surface area contributed by atoms with Gasteiger partial charge >= 0.3 is 0 Å². The maximum atomic E-state index is 11.7. The van der Waals surface area contributed by atoms with Crippen LogP contribution < -0.4 is 4.90 Å². The number of sulfone groups is 1. The van der Waals surface area contributed by atoms with Gasteiger partial charge in [0.2, 0.25) is 0 Å². The van der Waals surface area contributed by atoms with E-state index < -0.39 is 9.84 Å². The monoisotopic (exact) mass is 333 g/mol. The number of halogens is 1. The van der Waals surface area contributed by atoms with E-state index in [0.717, 1.165) is 30.5 Å². The number of rotatable bonds is 7. The molecule has 0 aliphatic rings. The van der Waals surface area contributed by atoms with E-state index in [1.54, 1.807) is 19.1 Å². The van der Waals surface area contributed by atoms with Gasteiger partial charge in [-0.2, -0.15) is 0 Å². The molecular weight excluding hydrogens is 314 g/mol. The largest absolute Gasteiger partial charge is 0.372 e. The Morgan fingerprint density at radius 2 is 1.78 bits per heavy atom. The van der Waals surface area contributed by atoms with Crippen LogP contribution >= 0.6 is 15.9 Å². The van der Waals surface area contributed by atoms with Crippen LogP contribution in [0.1, 0.15) is 20.3 Å². The lowest BCUT2D eigenvalue weighted by Gasteiger charge is -2.22. The highest BCUT2D eigenvalue weighted by molar-refractivity contribution is 9.09. The van der Waals surface area contributed by atoms with Crippen molar-refractivity contribution in [1.82, 2.24) is 0 Å². The fraction of sp³-hybridized carbons (Fsp3) is 0.538. The summed E-state index contributed by atoms with van der Waals surface area (Å²) in [5.74, 6) is 0.146. The van der Waals surface area contributed by atoms with Crippen molar-refractivity contribution in [3.63, 3.8) is 0 Å². The summed E-state index contributed by atoms with van der Waals surface area (Å²) < 4.78 is 23.4. The van der Waals surface area contributed by atoms with Gasteiger partial charge in [0.05, 0.1) is 10.6 Å². The first-order valence-electron chi connectivity index (χ1n) is 6.19. The Kier molecular flexibility index (Phi) is 6.15. The fourth-order valence-corrected chi connectivity index (χ4v) is 2.89. The predicted molar refractivity (Wildman–Crippen MR) is 80.5 cm³/mol. The standard InChI is InChI=1S/C13H20BrNO2S/c1-3-15(11-5-10-14)12-6-8-13(9-7-12)18(16,17)4-2/h6-9H,3-5,10-11H2,1-2H3. The number of hydrogen-bond donors (Lipinski definition) is 0. The molecule has 0 aromatic heterocycles. The molecule has 1 rings (SSSR count). The molecule has 1 aromatic carbocycles. The first-order chi connectivity index (χ1) is 8.55. The highest BCUT2D eigenvalue weighted by atomic mass is 79.9. The van der Waals surface area contributed by atoms with Crippen LogP contribution in [0.2, 0.25) is 0 Å².